The van der Waals surface area contributed by atoms with Gasteiger partial charge in [0, 0.05) is 51.0 Å². The van der Waals surface area contributed by atoms with Crippen LogP contribution in [0.5, 0.6) is 0 Å². The Hall–Kier alpha value is -1.36. The molecule has 1 aromatic heterocycles. The summed E-state index contributed by atoms with van der Waals surface area (Å²) >= 11 is 0. The van der Waals surface area contributed by atoms with Gasteiger partial charge in [-0.1, -0.05) is 0 Å². The van der Waals surface area contributed by atoms with E-state index in [1.165, 1.54) is 25.9 Å². The van der Waals surface area contributed by atoms with Crippen LogP contribution in [-0.4, -0.2) is 54.1 Å². The van der Waals surface area contributed by atoms with Crippen LogP contribution in [0.25, 0.3) is 0 Å². The third-order valence-corrected chi connectivity index (χ3v) is 3.77. The molecule has 0 radical (unpaired) electrons. The van der Waals surface area contributed by atoms with Crippen molar-refractivity contribution in [3.8, 4) is 0 Å². The molecule has 0 spiro atoms. The number of nitrogens with zero attached hydrogens (tertiary/aromatic N) is 4. The lowest BCUT2D eigenvalue weighted by atomic mass is 10.3. The van der Waals surface area contributed by atoms with Crippen LogP contribution in [0.4, 0.5) is 11.8 Å². The van der Waals surface area contributed by atoms with Crippen molar-refractivity contribution in [1.82, 2.24) is 14.9 Å². The van der Waals surface area contributed by atoms with Gasteiger partial charge in [-0.15, -0.1) is 0 Å². The van der Waals surface area contributed by atoms with E-state index in [2.05, 4.69) is 31.2 Å². The molecule has 0 bridgehead atoms. The van der Waals surface area contributed by atoms with Gasteiger partial charge in [-0.3, -0.25) is 4.90 Å². The van der Waals surface area contributed by atoms with Crippen LogP contribution in [0.15, 0.2) is 6.07 Å². The molecular formula is C13H21N5. The summed E-state index contributed by atoms with van der Waals surface area (Å²) in [5.74, 6) is 1.77. The second-order valence-corrected chi connectivity index (χ2v) is 5.20. The normalized spacial score (nSPS) is 21.1. The molecule has 5 heteroatoms. The van der Waals surface area contributed by atoms with Gasteiger partial charge in [0.15, 0.2) is 0 Å². The van der Waals surface area contributed by atoms with Gasteiger partial charge in [0.1, 0.15) is 5.82 Å². The highest BCUT2D eigenvalue weighted by molar-refractivity contribution is 5.45. The first-order valence-electron chi connectivity index (χ1n) is 6.78. The minimum Gasteiger partial charge on any atom is -0.357 e. The Labute approximate surface area is 108 Å². The molecule has 2 heterocycles. The monoisotopic (exact) mass is 247 g/mol. The second-order valence-electron chi connectivity index (χ2n) is 5.20. The Kier molecular flexibility index (Phi) is 3.07. The summed E-state index contributed by atoms with van der Waals surface area (Å²) in [6.45, 7) is 6.52. The van der Waals surface area contributed by atoms with Crippen LogP contribution in [0.3, 0.4) is 0 Å². The van der Waals surface area contributed by atoms with E-state index in [-0.39, 0.29) is 0 Å². The molecule has 1 N–H and O–H groups in total. The number of hydrogen-bond donors (Lipinski definition) is 1. The Balaban J connectivity index is 1.69. The Morgan fingerprint density at radius 1 is 1.17 bits per heavy atom. The van der Waals surface area contributed by atoms with Crippen LogP contribution in [0.1, 0.15) is 18.5 Å². The van der Waals surface area contributed by atoms with E-state index in [9.17, 15) is 0 Å². The zero-order valence-electron chi connectivity index (χ0n) is 11.2. The summed E-state index contributed by atoms with van der Waals surface area (Å²) in [6, 6.07) is 2.96. The second kappa shape index (κ2) is 4.72. The van der Waals surface area contributed by atoms with Gasteiger partial charge in [-0.2, -0.15) is 4.98 Å². The van der Waals surface area contributed by atoms with Crippen molar-refractivity contribution in [2.24, 2.45) is 0 Å². The van der Waals surface area contributed by atoms with Crippen molar-refractivity contribution in [3.63, 3.8) is 0 Å². The number of rotatable bonds is 3. The third-order valence-electron chi connectivity index (χ3n) is 3.77. The maximum atomic E-state index is 4.55. The van der Waals surface area contributed by atoms with Crippen LogP contribution >= 0.6 is 0 Å². The maximum Gasteiger partial charge on any atom is 0.224 e. The van der Waals surface area contributed by atoms with Crippen molar-refractivity contribution in [2.75, 3.05) is 43.4 Å². The predicted molar refractivity (Wildman–Crippen MR) is 73.1 cm³/mol. The van der Waals surface area contributed by atoms with Crippen molar-refractivity contribution in [1.29, 1.82) is 0 Å². The van der Waals surface area contributed by atoms with Crippen LogP contribution in [-0.2, 0) is 0 Å². The molecule has 0 aromatic carbocycles. The van der Waals surface area contributed by atoms with Gasteiger partial charge in [-0.25, -0.2) is 4.98 Å². The van der Waals surface area contributed by atoms with Crippen molar-refractivity contribution in [2.45, 2.75) is 25.8 Å². The van der Waals surface area contributed by atoms with Gasteiger partial charge >= 0.3 is 0 Å². The summed E-state index contributed by atoms with van der Waals surface area (Å²) in [5.41, 5.74) is 1.02. The van der Waals surface area contributed by atoms with Crippen LogP contribution in [0, 0.1) is 6.92 Å². The highest BCUT2D eigenvalue weighted by Gasteiger charge is 2.31. The minimum absolute atomic E-state index is 0.717. The van der Waals surface area contributed by atoms with E-state index >= 15 is 0 Å². The van der Waals surface area contributed by atoms with Gasteiger partial charge in [0.2, 0.25) is 5.95 Å². The van der Waals surface area contributed by atoms with Gasteiger partial charge in [0.25, 0.3) is 0 Å². The molecule has 98 valence electrons. The lowest BCUT2D eigenvalue weighted by molar-refractivity contribution is 0.247. The fraction of sp³-hybridized carbons (Fsp3) is 0.692. The smallest absolute Gasteiger partial charge is 0.224 e. The molecule has 3 rings (SSSR count). The third kappa shape index (κ3) is 2.41. The summed E-state index contributed by atoms with van der Waals surface area (Å²) < 4.78 is 0. The molecule has 0 amide bonds. The maximum absolute atomic E-state index is 4.55. The zero-order chi connectivity index (χ0) is 12.5. The lowest BCUT2D eigenvalue weighted by Crippen LogP contribution is -2.47. The number of piperazine rings is 1. The van der Waals surface area contributed by atoms with Gasteiger partial charge < -0.3 is 10.2 Å². The summed E-state index contributed by atoms with van der Waals surface area (Å²) in [4.78, 5) is 13.9. The van der Waals surface area contributed by atoms with Crippen LogP contribution in [0.2, 0.25) is 0 Å². The molecule has 1 saturated carbocycles. The lowest BCUT2D eigenvalue weighted by Gasteiger charge is -2.35. The molecular weight excluding hydrogens is 226 g/mol. The van der Waals surface area contributed by atoms with E-state index in [1.807, 2.05) is 14.0 Å². The average molecular weight is 247 g/mol. The zero-order valence-corrected chi connectivity index (χ0v) is 11.2. The number of aryl methyl sites for hydroxylation is 1. The first-order valence-corrected chi connectivity index (χ1v) is 6.78. The molecule has 1 aliphatic carbocycles. The first kappa shape index (κ1) is 11.7. The Morgan fingerprint density at radius 2 is 1.89 bits per heavy atom. The molecule has 1 aliphatic heterocycles. The van der Waals surface area contributed by atoms with Crippen LogP contribution < -0.4 is 10.2 Å². The molecule has 1 saturated heterocycles. The fourth-order valence-electron chi connectivity index (χ4n) is 2.58. The largest absolute Gasteiger partial charge is 0.357 e. The molecule has 18 heavy (non-hydrogen) atoms. The topological polar surface area (TPSA) is 44.3 Å². The van der Waals surface area contributed by atoms with Gasteiger partial charge in [-0.05, 0) is 19.8 Å². The van der Waals surface area contributed by atoms with Gasteiger partial charge in [0.05, 0.1) is 0 Å². The van der Waals surface area contributed by atoms with E-state index in [4.69, 9.17) is 0 Å². The van der Waals surface area contributed by atoms with E-state index < -0.39 is 0 Å². The Bertz CT molecular complexity index is 421. The summed E-state index contributed by atoms with van der Waals surface area (Å²) in [6.07, 6.45) is 2.80. The Morgan fingerprint density at radius 3 is 2.50 bits per heavy atom. The minimum atomic E-state index is 0.717. The van der Waals surface area contributed by atoms with E-state index in [0.717, 1.165) is 36.6 Å². The predicted octanol–water partition coefficient (Wildman–Crippen LogP) is 1.11. The molecule has 2 fully saturated rings. The fourth-order valence-corrected chi connectivity index (χ4v) is 2.58. The summed E-state index contributed by atoms with van der Waals surface area (Å²) in [7, 11) is 1.86. The number of anilines is 2. The summed E-state index contributed by atoms with van der Waals surface area (Å²) in [5, 5.41) is 3.02. The highest BCUT2D eigenvalue weighted by Crippen LogP contribution is 2.28. The quantitative estimate of drug-likeness (QED) is 0.867. The highest BCUT2D eigenvalue weighted by atomic mass is 15.3. The number of hydrogen-bond acceptors (Lipinski definition) is 5. The van der Waals surface area contributed by atoms with E-state index in [1.54, 1.807) is 0 Å². The van der Waals surface area contributed by atoms with Crippen molar-refractivity contribution in [3.05, 3.63) is 11.8 Å². The first-order chi connectivity index (χ1) is 8.76. The number of nitrogens with one attached hydrogen (secondary N) is 1. The average Bonchev–Trinajstić information content (AvgIpc) is 3.22. The molecule has 0 atom stereocenters. The standard InChI is InChI=1S/C13H21N5/c1-10-9-12(16-13(14-2)15-10)18-7-5-17(6-8-18)11-3-4-11/h9,11H,3-8H2,1-2H3,(H,14,15,16). The van der Waals surface area contributed by atoms with E-state index in [0.29, 0.717) is 0 Å². The number of aromatic nitrogens is 2. The molecule has 2 aliphatic rings. The molecule has 0 unspecified atom stereocenters. The van der Waals surface area contributed by atoms with Crippen molar-refractivity contribution >= 4 is 11.8 Å². The van der Waals surface area contributed by atoms with Crippen molar-refractivity contribution < 1.29 is 0 Å². The SMILES string of the molecule is CNc1nc(C)cc(N2CCN(C3CC3)CC2)n1. The molecule has 1 aromatic rings. The molecule has 5 nitrogen and oxygen atoms in total.